The zero-order valence-electron chi connectivity index (χ0n) is 11.4. The summed E-state index contributed by atoms with van der Waals surface area (Å²) in [5, 5.41) is 0. The first-order valence-corrected chi connectivity index (χ1v) is 6.49. The van der Waals surface area contributed by atoms with Gasteiger partial charge in [0.15, 0.2) is 0 Å². The Balaban J connectivity index is 2.06. The highest BCUT2D eigenvalue weighted by atomic mass is 19.1. The van der Waals surface area contributed by atoms with E-state index in [1.807, 2.05) is 18.0 Å². The Kier molecular flexibility index (Phi) is 4.82. The van der Waals surface area contributed by atoms with Gasteiger partial charge in [-0.1, -0.05) is 30.3 Å². The van der Waals surface area contributed by atoms with Crippen LogP contribution in [0.3, 0.4) is 0 Å². The molecule has 0 radical (unpaired) electrons. The molecule has 0 saturated carbocycles. The second-order valence-corrected chi connectivity index (χ2v) is 4.90. The van der Waals surface area contributed by atoms with Crippen LogP contribution in [0.1, 0.15) is 16.7 Å². The van der Waals surface area contributed by atoms with Crippen LogP contribution in [0.15, 0.2) is 42.5 Å². The number of hydrogen-bond donors (Lipinski definition) is 1. The fourth-order valence-corrected chi connectivity index (χ4v) is 2.21. The maximum atomic E-state index is 14.1. The third kappa shape index (κ3) is 3.62. The summed E-state index contributed by atoms with van der Waals surface area (Å²) in [5.41, 5.74) is 7.48. The molecule has 0 atom stereocenters. The van der Waals surface area contributed by atoms with E-state index in [4.69, 9.17) is 5.73 Å². The lowest BCUT2D eigenvalue weighted by Crippen LogP contribution is -2.18. The van der Waals surface area contributed by atoms with Crippen molar-refractivity contribution >= 4 is 0 Å². The normalized spacial score (nSPS) is 11.1. The van der Waals surface area contributed by atoms with E-state index in [0.717, 1.165) is 5.56 Å². The van der Waals surface area contributed by atoms with Crippen molar-refractivity contribution in [3.8, 4) is 0 Å². The number of nitrogens with zero attached hydrogens (tertiary/aromatic N) is 1. The molecule has 0 aliphatic heterocycles. The summed E-state index contributed by atoms with van der Waals surface area (Å²) >= 11 is 0. The Hall–Kier alpha value is -1.78. The zero-order chi connectivity index (χ0) is 14.5. The van der Waals surface area contributed by atoms with E-state index >= 15 is 0 Å². The van der Waals surface area contributed by atoms with E-state index < -0.39 is 0 Å². The van der Waals surface area contributed by atoms with Crippen LogP contribution < -0.4 is 5.73 Å². The van der Waals surface area contributed by atoms with E-state index in [1.165, 1.54) is 12.1 Å². The van der Waals surface area contributed by atoms with Gasteiger partial charge in [-0.15, -0.1) is 0 Å². The summed E-state index contributed by atoms with van der Waals surface area (Å²) in [7, 11) is 1.87. The molecule has 0 aliphatic rings. The fraction of sp³-hybridized carbons (Fsp3) is 0.250. The highest BCUT2D eigenvalue weighted by Gasteiger charge is 2.09. The van der Waals surface area contributed by atoms with E-state index in [2.05, 4.69) is 0 Å². The van der Waals surface area contributed by atoms with Gasteiger partial charge in [-0.2, -0.15) is 0 Å². The van der Waals surface area contributed by atoms with Crippen LogP contribution >= 0.6 is 0 Å². The molecule has 0 heterocycles. The Labute approximate surface area is 117 Å². The Morgan fingerprint density at radius 2 is 1.70 bits per heavy atom. The molecule has 2 aromatic rings. The quantitative estimate of drug-likeness (QED) is 0.909. The van der Waals surface area contributed by atoms with Gasteiger partial charge in [0, 0.05) is 30.8 Å². The molecule has 0 saturated heterocycles. The smallest absolute Gasteiger partial charge is 0.132 e. The first kappa shape index (κ1) is 14.6. The third-order valence-electron chi connectivity index (χ3n) is 3.16. The molecule has 4 heteroatoms. The predicted molar refractivity (Wildman–Crippen MR) is 75.9 cm³/mol. The minimum absolute atomic E-state index is 0.188. The lowest BCUT2D eigenvalue weighted by atomic mass is 10.1. The topological polar surface area (TPSA) is 29.3 Å². The average Bonchev–Trinajstić information content (AvgIpc) is 2.41. The Morgan fingerprint density at radius 1 is 1.00 bits per heavy atom. The van der Waals surface area contributed by atoms with Gasteiger partial charge in [0.25, 0.3) is 0 Å². The van der Waals surface area contributed by atoms with Crippen LogP contribution in [0.4, 0.5) is 8.78 Å². The molecule has 0 aromatic heterocycles. The highest BCUT2D eigenvalue weighted by Crippen LogP contribution is 2.15. The summed E-state index contributed by atoms with van der Waals surface area (Å²) in [4.78, 5) is 1.94. The molecule has 2 rings (SSSR count). The summed E-state index contributed by atoms with van der Waals surface area (Å²) < 4.78 is 27.2. The molecule has 106 valence electrons. The van der Waals surface area contributed by atoms with E-state index in [9.17, 15) is 8.78 Å². The van der Waals surface area contributed by atoms with Crippen molar-refractivity contribution in [1.82, 2.24) is 4.90 Å². The minimum Gasteiger partial charge on any atom is -0.326 e. The second kappa shape index (κ2) is 6.59. The van der Waals surface area contributed by atoms with Gasteiger partial charge in [-0.3, -0.25) is 4.90 Å². The molecule has 0 fully saturated rings. The molecular formula is C16H18F2N2. The SMILES string of the molecule is CN(Cc1cccc(F)c1)Cc1cccc(CN)c1F. The van der Waals surface area contributed by atoms with Crippen LogP contribution in [0, 0.1) is 11.6 Å². The van der Waals surface area contributed by atoms with Crippen molar-refractivity contribution in [2.45, 2.75) is 19.6 Å². The van der Waals surface area contributed by atoms with Gasteiger partial charge in [-0.05, 0) is 24.7 Å². The highest BCUT2D eigenvalue weighted by molar-refractivity contribution is 5.26. The van der Waals surface area contributed by atoms with Crippen molar-refractivity contribution in [2.24, 2.45) is 5.73 Å². The molecule has 0 spiro atoms. The van der Waals surface area contributed by atoms with E-state index in [1.54, 1.807) is 24.3 Å². The monoisotopic (exact) mass is 276 g/mol. The fourth-order valence-electron chi connectivity index (χ4n) is 2.21. The van der Waals surface area contributed by atoms with Crippen LogP contribution in [0.5, 0.6) is 0 Å². The second-order valence-electron chi connectivity index (χ2n) is 4.90. The molecule has 2 nitrogen and oxygen atoms in total. The molecule has 0 unspecified atom stereocenters. The number of hydrogen-bond acceptors (Lipinski definition) is 2. The van der Waals surface area contributed by atoms with Crippen molar-refractivity contribution in [3.63, 3.8) is 0 Å². The summed E-state index contributed by atoms with van der Waals surface area (Å²) in [5.74, 6) is -0.506. The van der Waals surface area contributed by atoms with Crippen LogP contribution in [0.25, 0.3) is 0 Å². The zero-order valence-corrected chi connectivity index (χ0v) is 11.4. The van der Waals surface area contributed by atoms with Crippen LogP contribution in [-0.2, 0) is 19.6 Å². The maximum absolute atomic E-state index is 14.1. The summed E-state index contributed by atoms with van der Waals surface area (Å²) in [6, 6.07) is 11.7. The van der Waals surface area contributed by atoms with Crippen LogP contribution in [-0.4, -0.2) is 11.9 Å². The van der Waals surface area contributed by atoms with Gasteiger partial charge in [0.05, 0.1) is 0 Å². The first-order chi connectivity index (χ1) is 9.60. The molecule has 0 aliphatic carbocycles. The summed E-state index contributed by atoms with van der Waals surface area (Å²) in [6.07, 6.45) is 0. The maximum Gasteiger partial charge on any atom is 0.132 e. The Bertz CT molecular complexity index is 584. The third-order valence-corrected chi connectivity index (χ3v) is 3.16. The molecule has 0 amide bonds. The van der Waals surface area contributed by atoms with E-state index in [0.29, 0.717) is 24.2 Å². The van der Waals surface area contributed by atoms with Gasteiger partial charge < -0.3 is 5.73 Å². The molecule has 2 aromatic carbocycles. The lowest BCUT2D eigenvalue weighted by molar-refractivity contribution is 0.312. The van der Waals surface area contributed by atoms with Crippen molar-refractivity contribution in [2.75, 3.05) is 7.05 Å². The van der Waals surface area contributed by atoms with Crippen molar-refractivity contribution in [1.29, 1.82) is 0 Å². The standard InChI is InChI=1S/C16H18F2N2/c1-20(10-12-4-2-7-15(17)8-12)11-14-6-3-5-13(9-19)16(14)18/h2-8H,9-11,19H2,1H3. The predicted octanol–water partition coefficient (Wildman–Crippen LogP) is 3.06. The Morgan fingerprint density at radius 3 is 2.40 bits per heavy atom. The molecule has 0 bridgehead atoms. The van der Waals surface area contributed by atoms with Crippen molar-refractivity contribution in [3.05, 3.63) is 70.8 Å². The number of benzene rings is 2. The lowest BCUT2D eigenvalue weighted by Gasteiger charge is -2.18. The van der Waals surface area contributed by atoms with Crippen molar-refractivity contribution < 1.29 is 8.78 Å². The average molecular weight is 276 g/mol. The van der Waals surface area contributed by atoms with E-state index in [-0.39, 0.29) is 18.2 Å². The molecular weight excluding hydrogens is 258 g/mol. The minimum atomic E-state index is -0.257. The molecule has 20 heavy (non-hydrogen) atoms. The van der Waals surface area contributed by atoms with Gasteiger partial charge in [0.1, 0.15) is 11.6 Å². The largest absolute Gasteiger partial charge is 0.326 e. The first-order valence-electron chi connectivity index (χ1n) is 6.49. The van der Waals surface area contributed by atoms with Gasteiger partial charge in [-0.25, -0.2) is 8.78 Å². The number of nitrogens with two attached hydrogens (primary N) is 1. The number of halogens is 2. The van der Waals surface area contributed by atoms with Crippen LogP contribution in [0.2, 0.25) is 0 Å². The molecule has 2 N–H and O–H groups in total. The van der Waals surface area contributed by atoms with Gasteiger partial charge >= 0.3 is 0 Å². The van der Waals surface area contributed by atoms with Gasteiger partial charge in [0.2, 0.25) is 0 Å². The summed E-state index contributed by atoms with van der Waals surface area (Å²) in [6.45, 7) is 1.20. The number of rotatable bonds is 5.